The molecular formula is C100H169BN2. The van der Waals surface area contributed by atoms with Crippen LogP contribution in [0.4, 0.5) is 0 Å². The van der Waals surface area contributed by atoms with Crippen LogP contribution in [0.5, 0.6) is 0 Å². The zero-order valence-electron chi connectivity index (χ0n) is 69.8. The summed E-state index contributed by atoms with van der Waals surface area (Å²) in [5, 5.41) is 0. The van der Waals surface area contributed by atoms with Crippen molar-refractivity contribution < 1.29 is 0 Å². The lowest BCUT2D eigenvalue weighted by molar-refractivity contribution is -0.158. The second-order valence-corrected chi connectivity index (χ2v) is 47.9. The Morgan fingerprint density at radius 3 is 0.893 bits per heavy atom. The second-order valence-electron chi connectivity index (χ2n) is 47.9. The third-order valence-electron chi connectivity index (χ3n) is 40.6. The van der Waals surface area contributed by atoms with Gasteiger partial charge in [0, 0.05) is 36.3 Å². The molecule has 2 heterocycles. The van der Waals surface area contributed by atoms with Crippen molar-refractivity contribution in [1.29, 1.82) is 0 Å². The minimum atomic E-state index is 0.348. The van der Waals surface area contributed by atoms with Crippen molar-refractivity contribution in [1.82, 2.24) is 9.80 Å². The van der Waals surface area contributed by atoms with Crippen molar-refractivity contribution in [3.8, 4) is 0 Å². The molecule has 0 radical (unpaired) electrons. The molecule has 16 aliphatic carbocycles. The summed E-state index contributed by atoms with van der Waals surface area (Å²) in [4.78, 5) is 7.98. The van der Waals surface area contributed by atoms with E-state index in [2.05, 4.69) is 72.1 Å². The summed E-state index contributed by atoms with van der Waals surface area (Å²) in [6.07, 6.45) is 85.6. The van der Waals surface area contributed by atoms with Gasteiger partial charge in [-0.25, -0.2) is 0 Å². The lowest BCUT2D eigenvalue weighted by Crippen LogP contribution is -2.77. The van der Waals surface area contributed by atoms with Crippen molar-refractivity contribution in [2.75, 3.05) is 0 Å². The van der Waals surface area contributed by atoms with Gasteiger partial charge in [0.15, 0.2) is 6.71 Å². The predicted molar refractivity (Wildman–Crippen MR) is 438 cm³/mol. The molecule has 0 aromatic rings. The normalized spacial score (nSPS) is 47.6. The zero-order valence-corrected chi connectivity index (χ0v) is 69.8. The van der Waals surface area contributed by atoms with Crippen LogP contribution in [0, 0.1) is 164 Å². The fraction of sp³-hybridized carbons (Fsp3) is 1.00. The minimum absolute atomic E-state index is 0.348. The van der Waals surface area contributed by atoms with E-state index in [0.29, 0.717) is 16.2 Å². The topological polar surface area (TPSA) is 6.48 Å². The molecule has 0 spiro atoms. The van der Waals surface area contributed by atoms with Gasteiger partial charge in [-0.2, -0.15) is 0 Å². The standard InChI is InChI=1S/C100H169BN2/c1-98(2,3)78-51-73-45-46-74-52-79(99(4,5)6)61-86-81(58-77(53-78)93(73)94(74)86)72-48-50-90-88(60-72)101-87-59-71(64-31-17-10-18-32-64)47-49-89(87)102(96-82(67-37-23-13-24-38-67)54-75(65-33-19-11-20-34-65)55-83(96)68-39-25-14-26-40-68)91-62-80(100(7,8)9)63-92(95(91)101)103(90)97-84(69-41-27-15-28-42-69)56-76(66-35-21-12-22-36-66)57-85(97)70-43-29-16-30-44-70/h64-97H,10-63H2,1-9H3. The van der Waals surface area contributed by atoms with E-state index in [1.165, 1.54) is 44.9 Å². The van der Waals surface area contributed by atoms with Crippen molar-refractivity contribution in [3.05, 3.63) is 0 Å². The van der Waals surface area contributed by atoms with Crippen molar-refractivity contribution >= 4 is 6.71 Å². The van der Waals surface area contributed by atoms with Crippen LogP contribution in [0.25, 0.3) is 0 Å². The van der Waals surface area contributed by atoms with Crippen LogP contribution in [0.2, 0.25) is 17.5 Å². The molecule has 0 aromatic carbocycles. The maximum absolute atomic E-state index is 4.00. The molecule has 103 heavy (non-hydrogen) atoms. The third kappa shape index (κ3) is 14.5. The Balaban J connectivity index is 0.822. The van der Waals surface area contributed by atoms with Gasteiger partial charge in [-0.15, -0.1) is 0 Å². The highest BCUT2D eigenvalue weighted by Crippen LogP contribution is 2.72. The van der Waals surface area contributed by atoms with Crippen LogP contribution in [-0.4, -0.2) is 52.8 Å². The molecule has 23 atom stereocenters. The molecule has 582 valence electrons. The van der Waals surface area contributed by atoms with Crippen molar-refractivity contribution in [2.24, 2.45) is 164 Å². The quantitative estimate of drug-likeness (QED) is 0.201. The number of fused-ring (bicyclic) bond motifs is 4. The van der Waals surface area contributed by atoms with Crippen LogP contribution in [0.15, 0.2) is 0 Å². The van der Waals surface area contributed by atoms with Crippen LogP contribution in [-0.2, 0) is 0 Å². The van der Waals surface area contributed by atoms with Crippen LogP contribution >= 0.6 is 0 Å². The van der Waals surface area contributed by atoms with E-state index in [0.717, 1.165) is 208 Å². The van der Waals surface area contributed by atoms with E-state index in [-0.39, 0.29) is 0 Å². The first-order valence-corrected chi connectivity index (χ1v) is 49.5. The van der Waals surface area contributed by atoms with Crippen LogP contribution in [0.1, 0.15) is 409 Å². The number of hydrogen-bond acceptors (Lipinski definition) is 2. The Morgan fingerprint density at radius 2 is 0.505 bits per heavy atom. The highest BCUT2D eigenvalue weighted by molar-refractivity contribution is 6.65. The molecule has 0 N–H and O–H groups in total. The van der Waals surface area contributed by atoms with E-state index in [4.69, 9.17) is 0 Å². The summed E-state index contributed by atoms with van der Waals surface area (Å²) < 4.78 is 0. The SMILES string of the molecule is CC(C)(C)C1CC2CCC3CC(C(C)(C)C)CC4C(C5CCC6C(C5)B5C7CC(C8CCCCC8)CCC7N(C7C(C8CCCCC8)CC(C8CCCCC8)CC7C7CCCCC7)C7CC(C(C)(C)C)CC(C57)N6C5C(C6CCCCC6)CC(C6CCCCC6)CC5C5CCCCC5)CC(C1)C2C34. The van der Waals surface area contributed by atoms with Gasteiger partial charge in [-0.1, -0.05) is 300 Å². The maximum Gasteiger partial charge on any atom is 0.156 e. The van der Waals surface area contributed by atoms with Gasteiger partial charge in [0.1, 0.15) is 0 Å². The van der Waals surface area contributed by atoms with Gasteiger partial charge in [0.25, 0.3) is 0 Å². The Kier molecular flexibility index (Phi) is 22.4. The first-order chi connectivity index (χ1) is 50.0. The van der Waals surface area contributed by atoms with Gasteiger partial charge < -0.3 is 0 Å². The summed E-state index contributed by atoms with van der Waals surface area (Å²) in [5.74, 6) is 27.7. The van der Waals surface area contributed by atoms with Crippen LogP contribution < -0.4 is 0 Å². The first-order valence-electron chi connectivity index (χ1n) is 49.5. The molecule has 18 fully saturated rings. The summed E-state index contributed by atoms with van der Waals surface area (Å²) >= 11 is 0. The van der Waals surface area contributed by atoms with Crippen molar-refractivity contribution in [2.45, 2.75) is 463 Å². The smallest absolute Gasteiger partial charge is 0.156 e. The number of hydrogen-bond donors (Lipinski definition) is 0. The van der Waals surface area contributed by atoms with Crippen LogP contribution in [0.3, 0.4) is 0 Å². The fourth-order valence-electron chi connectivity index (χ4n) is 36.0. The predicted octanol–water partition coefficient (Wildman–Crippen LogP) is 28.3. The summed E-state index contributed by atoms with van der Waals surface area (Å²) in [6.45, 7) is 25.8. The highest BCUT2D eigenvalue weighted by Gasteiger charge is 2.70. The molecule has 18 rings (SSSR count). The molecule has 23 unspecified atom stereocenters. The molecule has 0 aromatic heterocycles. The lowest BCUT2D eigenvalue weighted by atomic mass is 9.17. The van der Waals surface area contributed by atoms with E-state index in [9.17, 15) is 0 Å². The molecule has 0 bridgehead atoms. The zero-order chi connectivity index (χ0) is 70.0. The third-order valence-corrected chi connectivity index (χ3v) is 40.6. The molecule has 2 aliphatic heterocycles. The van der Waals surface area contributed by atoms with E-state index < -0.39 is 0 Å². The first kappa shape index (κ1) is 74.4. The summed E-state index contributed by atoms with van der Waals surface area (Å²) in [6, 6.07) is 5.07. The summed E-state index contributed by atoms with van der Waals surface area (Å²) in [7, 11) is 0. The van der Waals surface area contributed by atoms with Gasteiger partial charge >= 0.3 is 0 Å². The largest absolute Gasteiger partial charge is 0.295 e. The molecule has 3 heteroatoms. The summed E-state index contributed by atoms with van der Waals surface area (Å²) in [5.41, 5.74) is 1.23. The Labute approximate surface area is 639 Å². The van der Waals surface area contributed by atoms with Gasteiger partial charge in [-0.05, 0) is 291 Å². The molecule has 18 aliphatic rings. The van der Waals surface area contributed by atoms with Crippen molar-refractivity contribution in [3.63, 3.8) is 0 Å². The number of rotatable bonds is 10. The Morgan fingerprint density at radius 1 is 0.204 bits per heavy atom. The average Bonchev–Trinajstić information content (AvgIpc) is 0.688. The number of nitrogens with zero attached hydrogens (tertiary/aromatic N) is 2. The molecule has 16 saturated carbocycles. The van der Waals surface area contributed by atoms with Gasteiger partial charge in [0.2, 0.25) is 0 Å². The molecular weight excluding hydrogens is 1240 g/mol. The van der Waals surface area contributed by atoms with E-state index >= 15 is 0 Å². The van der Waals surface area contributed by atoms with E-state index in [1.807, 2.05) is 0 Å². The second kappa shape index (κ2) is 31.1. The Bertz CT molecular complexity index is 2640. The van der Waals surface area contributed by atoms with E-state index in [1.54, 1.807) is 302 Å². The average molecular weight is 1410 g/mol. The lowest BCUT2D eigenvalue weighted by Gasteiger charge is -2.73. The van der Waals surface area contributed by atoms with Gasteiger partial charge in [-0.3, -0.25) is 9.80 Å². The fourth-order valence-corrected chi connectivity index (χ4v) is 36.0. The monoisotopic (exact) mass is 1410 g/mol. The molecule has 2 nitrogen and oxygen atoms in total. The Hall–Kier alpha value is -0.0151. The minimum Gasteiger partial charge on any atom is -0.295 e. The molecule has 0 amide bonds. The van der Waals surface area contributed by atoms with Gasteiger partial charge in [0.05, 0.1) is 0 Å². The molecule has 2 saturated heterocycles. The maximum atomic E-state index is 4.00. The highest BCUT2D eigenvalue weighted by atomic mass is 15.3.